The van der Waals surface area contributed by atoms with Crippen molar-refractivity contribution in [2.75, 3.05) is 26.7 Å². The van der Waals surface area contributed by atoms with E-state index in [1.807, 2.05) is 24.4 Å². The van der Waals surface area contributed by atoms with Gasteiger partial charge in [-0.05, 0) is 61.8 Å². The molecule has 3 aromatic rings. The van der Waals surface area contributed by atoms with Gasteiger partial charge in [0.25, 0.3) is 0 Å². The Balaban J connectivity index is 1.49. The van der Waals surface area contributed by atoms with E-state index in [0.717, 1.165) is 48.1 Å². The molecular weight excluding hydrogens is 405 g/mol. The smallest absolute Gasteiger partial charge is 0.224 e. The molecule has 0 saturated carbocycles. The lowest BCUT2D eigenvalue weighted by atomic mass is 10.0. The molecule has 1 aromatic heterocycles. The highest BCUT2D eigenvalue weighted by Crippen LogP contribution is 2.32. The summed E-state index contributed by atoms with van der Waals surface area (Å²) in [7, 11) is 1.62. The molecule has 1 aliphatic heterocycles. The van der Waals surface area contributed by atoms with Crippen LogP contribution in [-0.4, -0.2) is 42.5 Å². The van der Waals surface area contributed by atoms with Gasteiger partial charge in [0.1, 0.15) is 11.6 Å². The normalized spacial score (nSPS) is 15.4. The Morgan fingerprint density at radius 1 is 1.30 bits per heavy atom. The van der Waals surface area contributed by atoms with Crippen molar-refractivity contribution < 1.29 is 13.9 Å². The molecule has 1 amide bonds. The lowest BCUT2D eigenvalue weighted by molar-refractivity contribution is -0.120. The Morgan fingerprint density at radius 3 is 2.83 bits per heavy atom. The summed E-state index contributed by atoms with van der Waals surface area (Å²) in [5.41, 5.74) is 2.30. The third-order valence-corrected chi connectivity index (χ3v) is 6.06. The van der Waals surface area contributed by atoms with Crippen LogP contribution in [0.2, 0.25) is 5.02 Å². The number of ether oxygens (including phenoxy) is 1. The number of aromatic nitrogens is 1. The van der Waals surface area contributed by atoms with Crippen LogP contribution in [0.3, 0.4) is 0 Å². The first-order valence-electron chi connectivity index (χ1n) is 10.2. The monoisotopic (exact) mass is 429 g/mol. The number of H-pyrrole nitrogens is 1. The molecule has 5 nitrogen and oxygen atoms in total. The number of carbonyl (C=O) groups excluding carboxylic acids is 1. The summed E-state index contributed by atoms with van der Waals surface area (Å²) >= 11 is 6.33. The lowest BCUT2D eigenvalue weighted by Gasteiger charge is -2.29. The first kappa shape index (κ1) is 20.7. The van der Waals surface area contributed by atoms with Gasteiger partial charge in [-0.25, -0.2) is 4.39 Å². The van der Waals surface area contributed by atoms with Gasteiger partial charge in [-0.1, -0.05) is 17.7 Å². The van der Waals surface area contributed by atoms with Crippen LogP contribution in [0.25, 0.3) is 10.9 Å². The predicted octanol–water partition coefficient (Wildman–Crippen LogP) is 4.46. The predicted molar refractivity (Wildman–Crippen MR) is 117 cm³/mol. The number of carbonyl (C=O) groups is 1. The maximum absolute atomic E-state index is 14.6. The van der Waals surface area contributed by atoms with Gasteiger partial charge in [0.2, 0.25) is 5.91 Å². The summed E-state index contributed by atoms with van der Waals surface area (Å²) in [6.45, 7) is 2.05. The number of nitrogens with one attached hydrogen (secondary N) is 2. The van der Waals surface area contributed by atoms with E-state index in [4.69, 9.17) is 16.3 Å². The number of nitrogens with zero attached hydrogens (tertiary/aromatic N) is 1. The van der Waals surface area contributed by atoms with Gasteiger partial charge in [0.15, 0.2) is 0 Å². The van der Waals surface area contributed by atoms with Crippen LogP contribution in [0.5, 0.6) is 5.75 Å². The number of hydrogen-bond donors (Lipinski definition) is 2. The number of rotatable bonds is 7. The van der Waals surface area contributed by atoms with Crippen molar-refractivity contribution in [3.05, 3.63) is 64.6 Å². The second-order valence-corrected chi connectivity index (χ2v) is 8.01. The second-order valence-electron chi connectivity index (χ2n) is 7.60. The zero-order chi connectivity index (χ0) is 21.1. The maximum Gasteiger partial charge on any atom is 0.224 e. The molecule has 1 aliphatic rings. The fraction of sp³-hybridized carbons (Fsp3) is 0.348. The molecule has 1 atom stereocenters. The van der Waals surface area contributed by atoms with Crippen LogP contribution >= 0.6 is 11.6 Å². The average Bonchev–Trinajstić information content (AvgIpc) is 3.40. The molecule has 0 aliphatic carbocycles. The Kier molecular flexibility index (Phi) is 6.25. The van der Waals surface area contributed by atoms with E-state index in [1.54, 1.807) is 19.2 Å². The molecule has 2 N–H and O–H groups in total. The minimum Gasteiger partial charge on any atom is -0.497 e. The van der Waals surface area contributed by atoms with Gasteiger partial charge in [0, 0.05) is 34.2 Å². The summed E-state index contributed by atoms with van der Waals surface area (Å²) in [5, 5.41) is 4.34. The molecule has 1 unspecified atom stereocenters. The van der Waals surface area contributed by atoms with Crippen LogP contribution in [0.1, 0.15) is 30.0 Å². The zero-order valence-electron chi connectivity index (χ0n) is 16.9. The van der Waals surface area contributed by atoms with Crippen LogP contribution < -0.4 is 10.1 Å². The fourth-order valence-corrected chi connectivity index (χ4v) is 4.46. The molecule has 0 radical (unpaired) electrons. The summed E-state index contributed by atoms with van der Waals surface area (Å²) in [4.78, 5) is 18.1. The van der Waals surface area contributed by atoms with E-state index in [9.17, 15) is 9.18 Å². The van der Waals surface area contributed by atoms with E-state index in [2.05, 4.69) is 15.2 Å². The van der Waals surface area contributed by atoms with E-state index in [1.165, 1.54) is 6.07 Å². The summed E-state index contributed by atoms with van der Waals surface area (Å²) in [5.74, 6) is 0.291. The minimum absolute atomic E-state index is 0.115. The average molecular weight is 430 g/mol. The molecule has 2 heterocycles. The zero-order valence-corrected chi connectivity index (χ0v) is 17.6. The fourth-order valence-electron chi connectivity index (χ4n) is 4.17. The Morgan fingerprint density at radius 2 is 2.10 bits per heavy atom. The van der Waals surface area contributed by atoms with Crippen LogP contribution in [0.15, 0.2) is 42.6 Å². The maximum atomic E-state index is 14.6. The number of halogens is 2. The number of likely N-dealkylation sites (tertiary alicyclic amines) is 1. The van der Waals surface area contributed by atoms with Crippen molar-refractivity contribution in [1.82, 2.24) is 15.2 Å². The van der Waals surface area contributed by atoms with Gasteiger partial charge in [-0.3, -0.25) is 9.69 Å². The number of aromatic amines is 1. The van der Waals surface area contributed by atoms with E-state index in [-0.39, 0.29) is 24.2 Å². The molecule has 0 bridgehead atoms. The summed E-state index contributed by atoms with van der Waals surface area (Å²) < 4.78 is 19.9. The quantitative estimate of drug-likeness (QED) is 0.582. The number of fused-ring (bicyclic) bond motifs is 1. The molecule has 4 rings (SSSR count). The molecule has 0 spiro atoms. The van der Waals surface area contributed by atoms with Gasteiger partial charge in [-0.2, -0.15) is 0 Å². The molecule has 1 fully saturated rings. The number of hydrogen-bond acceptors (Lipinski definition) is 3. The van der Waals surface area contributed by atoms with Crippen molar-refractivity contribution >= 4 is 28.4 Å². The summed E-state index contributed by atoms with van der Waals surface area (Å²) in [6, 6.07) is 10.2. The highest BCUT2D eigenvalue weighted by molar-refractivity contribution is 6.31. The number of amides is 1. The molecule has 7 heteroatoms. The van der Waals surface area contributed by atoms with Crippen molar-refractivity contribution in [3.8, 4) is 5.75 Å². The van der Waals surface area contributed by atoms with Gasteiger partial charge in [0.05, 0.1) is 19.6 Å². The Bertz CT molecular complexity index is 1030. The third-order valence-electron chi connectivity index (χ3n) is 5.73. The van der Waals surface area contributed by atoms with Crippen molar-refractivity contribution in [2.24, 2.45) is 0 Å². The Labute approximate surface area is 180 Å². The SMILES string of the molecule is COc1ccc2[nH]cc(CC(=O)NCC(c3c(F)cccc3Cl)N3CCCC3)c2c1. The van der Waals surface area contributed by atoms with Gasteiger partial charge in [-0.15, -0.1) is 0 Å². The minimum atomic E-state index is -0.336. The van der Waals surface area contributed by atoms with Crippen LogP contribution in [0, 0.1) is 5.82 Å². The Hall–Kier alpha value is -2.57. The topological polar surface area (TPSA) is 57.4 Å². The number of methoxy groups -OCH3 is 1. The van der Waals surface area contributed by atoms with Crippen molar-refractivity contribution in [1.29, 1.82) is 0 Å². The number of benzene rings is 2. The third kappa shape index (κ3) is 4.30. The second kappa shape index (κ2) is 9.06. The van der Waals surface area contributed by atoms with Crippen molar-refractivity contribution in [3.63, 3.8) is 0 Å². The molecule has 1 saturated heterocycles. The van der Waals surface area contributed by atoms with Crippen molar-refractivity contribution in [2.45, 2.75) is 25.3 Å². The summed E-state index contributed by atoms with van der Waals surface area (Å²) in [6.07, 6.45) is 4.20. The molecular formula is C23H25ClFN3O2. The van der Waals surface area contributed by atoms with E-state index >= 15 is 0 Å². The highest BCUT2D eigenvalue weighted by atomic mass is 35.5. The molecule has 30 heavy (non-hydrogen) atoms. The highest BCUT2D eigenvalue weighted by Gasteiger charge is 2.28. The van der Waals surface area contributed by atoms with Crippen LogP contribution in [0.4, 0.5) is 4.39 Å². The lowest BCUT2D eigenvalue weighted by Crippen LogP contribution is -2.38. The van der Waals surface area contributed by atoms with E-state index in [0.29, 0.717) is 17.1 Å². The van der Waals surface area contributed by atoms with Crippen LogP contribution in [-0.2, 0) is 11.2 Å². The largest absolute Gasteiger partial charge is 0.497 e. The molecule has 2 aromatic carbocycles. The van der Waals surface area contributed by atoms with Gasteiger partial charge < -0.3 is 15.0 Å². The first-order chi connectivity index (χ1) is 14.6. The van der Waals surface area contributed by atoms with E-state index < -0.39 is 0 Å². The standard InChI is InChI=1S/C23H25ClFN3O2/c1-30-16-7-8-20-17(12-16)15(13-26-20)11-22(29)27-14-21(28-9-2-3-10-28)23-18(24)5-4-6-19(23)25/h4-8,12-13,21,26H,2-3,9-11,14H2,1H3,(H,27,29). The molecule has 158 valence electrons. The van der Waals surface area contributed by atoms with Gasteiger partial charge >= 0.3 is 0 Å². The first-order valence-corrected chi connectivity index (χ1v) is 10.5.